The third-order valence-corrected chi connectivity index (χ3v) is 14.5. The third kappa shape index (κ3) is 28.4. The average Bonchev–Trinajstić information content (AvgIpc) is 3.80. The van der Waals surface area contributed by atoms with Gasteiger partial charge in [-0.05, 0) is 19.3 Å². The van der Waals surface area contributed by atoms with Crippen molar-refractivity contribution < 1.29 is 54.2 Å². The molecule has 0 unspecified atom stereocenters. The summed E-state index contributed by atoms with van der Waals surface area (Å²) in [6.07, 6.45) is 26.3. The van der Waals surface area contributed by atoms with Crippen molar-refractivity contribution in [2.45, 2.75) is 281 Å². The summed E-state index contributed by atoms with van der Waals surface area (Å²) in [5.74, 6) is -1.49. The first-order valence-corrected chi connectivity index (χ1v) is 28.9. The average molecular weight is 1010 g/mol. The van der Waals surface area contributed by atoms with Crippen molar-refractivity contribution >= 4 is 41.3 Å². The Kier molecular flexibility index (Phi) is 36.7. The molecule has 1 aliphatic rings. The maximum atomic E-state index is 13.8. The van der Waals surface area contributed by atoms with Gasteiger partial charge < -0.3 is 45.6 Å². The molecule has 1 aliphatic carbocycles. The van der Waals surface area contributed by atoms with Gasteiger partial charge in [-0.15, -0.1) is 5.10 Å². The minimum Gasteiger partial charge on any atom is -0.462 e. The fraction of sp³-hybridized carbons (Fsp3) is 0.887. The maximum Gasteiger partial charge on any atom is 0.306 e. The summed E-state index contributed by atoms with van der Waals surface area (Å²) in [6.45, 7) is 6.51. The van der Waals surface area contributed by atoms with E-state index in [1.807, 2.05) is 0 Å². The van der Waals surface area contributed by atoms with Crippen LogP contribution in [0.4, 0.5) is 5.82 Å². The molecule has 0 bridgehead atoms. The molecule has 8 atom stereocenters. The monoisotopic (exact) mass is 1010 g/mol. The van der Waals surface area contributed by atoms with Crippen molar-refractivity contribution in [3.05, 3.63) is 6.20 Å². The summed E-state index contributed by atoms with van der Waals surface area (Å²) >= 11 is 1.27. The number of ether oxygens (including phenoxy) is 2. The zero-order chi connectivity index (χ0) is 51.2. The second-order valence-corrected chi connectivity index (χ2v) is 20.8. The second kappa shape index (κ2) is 40.6. The first-order chi connectivity index (χ1) is 33.9. The van der Waals surface area contributed by atoms with Gasteiger partial charge >= 0.3 is 11.9 Å². The Morgan fingerprint density at radius 2 is 0.957 bits per heavy atom. The van der Waals surface area contributed by atoms with Crippen LogP contribution in [0.15, 0.2) is 6.20 Å². The molecule has 1 aromatic rings. The fourth-order valence-corrected chi connectivity index (χ4v) is 9.92. The van der Waals surface area contributed by atoms with E-state index >= 15 is 0 Å². The van der Waals surface area contributed by atoms with Gasteiger partial charge in [-0.25, -0.2) is 4.68 Å². The third-order valence-electron chi connectivity index (χ3n) is 13.4. The molecular formula is C53H97N5O11S. The molecule has 0 spiro atoms. The minimum absolute atomic E-state index is 0.0686. The number of aromatic nitrogens is 3. The molecule has 1 saturated carbocycles. The number of carbonyl (C=O) groups excluding carboxylic acids is 4. The summed E-state index contributed by atoms with van der Waals surface area (Å²) in [7, 11) is 0. The Bertz CT molecular complexity index is 1490. The highest BCUT2D eigenvalue weighted by Crippen LogP contribution is 2.30. The first-order valence-electron chi connectivity index (χ1n) is 27.8. The number of nitrogens with one attached hydrogen (secondary N) is 2. The SMILES string of the molecule is CCCCCCCCCCCCC(=O)N[C@H](CSC[C@@H](COC(=O)CCCCCCCCCCCC)OC(=O)CCCCCCCCCCCC)C(=O)Nc1cn([C@@H]2[C@H](O)[C@H](O)[C@@H](O)[C@H](O)[C@H]2O)nn1. The molecule has 0 aliphatic heterocycles. The highest BCUT2D eigenvalue weighted by Gasteiger charge is 2.49. The molecule has 7 N–H and O–H groups in total. The van der Waals surface area contributed by atoms with E-state index < -0.39 is 54.6 Å². The van der Waals surface area contributed by atoms with Crippen molar-refractivity contribution in [2.24, 2.45) is 0 Å². The van der Waals surface area contributed by atoms with Crippen molar-refractivity contribution in [1.29, 1.82) is 0 Å². The maximum absolute atomic E-state index is 13.8. The van der Waals surface area contributed by atoms with Crippen LogP contribution < -0.4 is 10.6 Å². The van der Waals surface area contributed by atoms with Gasteiger partial charge in [0.1, 0.15) is 55.3 Å². The predicted octanol–water partition coefficient (Wildman–Crippen LogP) is 9.18. The van der Waals surface area contributed by atoms with Gasteiger partial charge in [0.2, 0.25) is 11.8 Å². The number of anilines is 1. The number of hydrogen-bond donors (Lipinski definition) is 7. The quantitative estimate of drug-likeness (QED) is 0.0238. The van der Waals surface area contributed by atoms with E-state index in [4.69, 9.17) is 9.47 Å². The van der Waals surface area contributed by atoms with Crippen molar-refractivity contribution in [1.82, 2.24) is 20.3 Å². The van der Waals surface area contributed by atoms with E-state index in [-0.39, 0.29) is 61.0 Å². The lowest BCUT2D eigenvalue weighted by Crippen LogP contribution is -2.61. The molecule has 0 aromatic carbocycles. The number of amides is 2. The van der Waals surface area contributed by atoms with Crippen molar-refractivity contribution in [2.75, 3.05) is 23.4 Å². The number of unbranched alkanes of at least 4 members (excludes halogenated alkanes) is 27. The number of aliphatic hydroxyl groups excluding tert-OH is 5. The van der Waals surface area contributed by atoms with Crippen molar-refractivity contribution in [3.8, 4) is 0 Å². The Labute approximate surface area is 425 Å². The fourth-order valence-electron chi connectivity index (χ4n) is 8.89. The largest absolute Gasteiger partial charge is 0.462 e. The van der Waals surface area contributed by atoms with E-state index in [9.17, 15) is 44.7 Å². The molecule has 406 valence electrons. The molecule has 1 heterocycles. The lowest BCUT2D eigenvalue weighted by molar-refractivity contribution is -0.200. The Morgan fingerprint density at radius 3 is 1.41 bits per heavy atom. The normalized spacial score (nSPS) is 19.9. The highest BCUT2D eigenvalue weighted by atomic mass is 32.2. The van der Waals surface area contributed by atoms with Gasteiger partial charge in [0.05, 0.1) is 6.20 Å². The lowest BCUT2D eigenvalue weighted by atomic mass is 9.83. The van der Waals surface area contributed by atoms with Crippen LogP contribution >= 0.6 is 11.8 Å². The molecule has 2 rings (SSSR count). The molecule has 0 radical (unpaired) electrons. The second-order valence-electron chi connectivity index (χ2n) is 19.8. The summed E-state index contributed by atoms with van der Waals surface area (Å²) in [5.41, 5.74) is 0. The summed E-state index contributed by atoms with van der Waals surface area (Å²) < 4.78 is 12.5. The van der Waals surface area contributed by atoms with Crippen LogP contribution in [0.1, 0.15) is 239 Å². The number of hydrogen-bond acceptors (Lipinski definition) is 14. The van der Waals surface area contributed by atoms with Gasteiger partial charge in [0, 0.05) is 30.8 Å². The highest BCUT2D eigenvalue weighted by molar-refractivity contribution is 7.99. The van der Waals surface area contributed by atoms with Crippen LogP contribution in [0.3, 0.4) is 0 Å². The van der Waals surface area contributed by atoms with E-state index in [2.05, 4.69) is 41.7 Å². The van der Waals surface area contributed by atoms with Gasteiger partial charge in [-0.2, -0.15) is 11.8 Å². The number of aliphatic hydroxyl groups is 5. The minimum atomic E-state index is -1.79. The van der Waals surface area contributed by atoms with Crippen LogP contribution in [0, 0.1) is 0 Å². The summed E-state index contributed by atoms with van der Waals surface area (Å²) in [4.78, 5) is 53.1. The standard InChI is InChI=1S/C53H97N5O11S/c1-4-7-10-13-16-19-22-25-28-31-34-44(59)54-42(53(67)55-43-37-58(57-56-43)47-48(62)50(64)52(66)51(65)49(47)63)40-70-39-41(69-46(61)36-33-30-27-24-21-18-15-12-9-6-3)38-68-45(60)35-32-29-26-23-20-17-14-11-8-5-2/h37,41-42,47-52,62-66H,4-36,38-40H2,1-3H3,(H,54,59)(H,55,67)/t41-,42-,47-,48+,49+,50+,51-,52-/m1/s1. The van der Waals surface area contributed by atoms with Gasteiger partial charge in [0.15, 0.2) is 5.82 Å². The number of nitrogens with zero attached hydrogens (tertiary/aromatic N) is 3. The van der Waals surface area contributed by atoms with E-state index in [0.29, 0.717) is 12.8 Å². The Morgan fingerprint density at radius 1 is 0.557 bits per heavy atom. The van der Waals surface area contributed by atoms with E-state index in [1.54, 1.807) is 0 Å². The Balaban J connectivity index is 2.05. The smallest absolute Gasteiger partial charge is 0.306 e. The molecule has 17 heteroatoms. The zero-order valence-electron chi connectivity index (χ0n) is 43.6. The van der Waals surface area contributed by atoms with Crippen LogP contribution in [0.2, 0.25) is 0 Å². The molecule has 0 saturated heterocycles. The molecule has 1 aromatic heterocycles. The predicted molar refractivity (Wildman–Crippen MR) is 277 cm³/mol. The summed E-state index contributed by atoms with van der Waals surface area (Å²) in [6, 6.07) is -2.47. The van der Waals surface area contributed by atoms with Crippen LogP contribution in [0.25, 0.3) is 0 Å². The molecule has 1 fully saturated rings. The zero-order valence-corrected chi connectivity index (χ0v) is 44.4. The lowest BCUT2D eigenvalue weighted by Gasteiger charge is -2.41. The van der Waals surface area contributed by atoms with Crippen LogP contribution in [-0.2, 0) is 28.7 Å². The Hall–Kier alpha value is -2.83. The van der Waals surface area contributed by atoms with Crippen LogP contribution in [0.5, 0.6) is 0 Å². The topological polar surface area (TPSA) is 243 Å². The number of esters is 2. The van der Waals surface area contributed by atoms with E-state index in [0.717, 1.165) is 68.9 Å². The molecule has 2 amide bonds. The van der Waals surface area contributed by atoms with E-state index in [1.165, 1.54) is 134 Å². The van der Waals surface area contributed by atoms with Crippen LogP contribution in [-0.4, -0.2) is 125 Å². The summed E-state index contributed by atoms with van der Waals surface area (Å²) in [5, 5.41) is 65.0. The number of carbonyl (C=O) groups is 4. The molecule has 16 nitrogen and oxygen atoms in total. The van der Waals surface area contributed by atoms with Crippen molar-refractivity contribution in [3.63, 3.8) is 0 Å². The number of rotatable bonds is 44. The number of thioether (sulfide) groups is 1. The molecule has 70 heavy (non-hydrogen) atoms. The molecular weight excluding hydrogens is 915 g/mol. The van der Waals surface area contributed by atoms with Gasteiger partial charge in [-0.3, -0.25) is 19.2 Å². The van der Waals surface area contributed by atoms with Gasteiger partial charge in [0.25, 0.3) is 0 Å². The van der Waals surface area contributed by atoms with Gasteiger partial charge in [-0.1, -0.05) is 199 Å². The first kappa shape index (κ1) is 63.3.